The van der Waals surface area contributed by atoms with Crippen LogP contribution in [0.3, 0.4) is 0 Å². The van der Waals surface area contributed by atoms with E-state index in [2.05, 4.69) is 5.32 Å². The number of hydrogen-bond donors (Lipinski definition) is 5. The van der Waals surface area contributed by atoms with Gasteiger partial charge in [0.1, 0.15) is 12.2 Å². The molecule has 2 rings (SSSR count). The zero-order valence-electron chi connectivity index (χ0n) is 11.5. The van der Waals surface area contributed by atoms with E-state index in [4.69, 9.17) is 9.84 Å². The predicted octanol–water partition coefficient (Wildman–Crippen LogP) is -2.21. The predicted molar refractivity (Wildman–Crippen MR) is 72.7 cm³/mol. The van der Waals surface area contributed by atoms with E-state index in [0.29, 0.717) is 0 Å². The molecule has 1 aliphatic heterocycles. The van der Waals surface area contributed by atoms with Gasteiger partial charge in [-0.05, 0) is 12.1 Å². The molecule has 5 N–H and O–H groups in total. The summed E-state index contributed by atoms with van der Waals surface area (Å²) in [5, 5.41) is 40.4. The molecule has 0 spiro atoms. The van der Waals surface area contributed by atoms with Crippen LogP contribution in [0.25, 0.3) is 0 Å². The first kappa shape index (κ1) is 16.4. The molecule has 4 atom stereocenters. The Morgan fingerprint density at radius 2 is 1.95 bits per heavy atom. The smallest absolute Gasteiger partial charge is 0.337 e. The lowest BCUT2D eigenvalue weighted by molar-refractivity contribution is -0.151. The van der Waals surface area contributed by atoms with Gasteiger partial charge in [0.05, 0.1) is 13.2 Å². The average Bonchev–Trinajstić information content (AvgIpc) is 2.79. The van der Waals surface area contributed by atoms with Crippen molar-refractivity contribution in [3.05, 3.63) is 35.9 Å². The Hall–Kier alpha value is -2.00. The summed E-state index contributed by atoms with van der Waals surface area (Å²) in [6.45, 7) is -1.66. The van der Waals surface area contributed by atoms with Crippen LogP contribution >= 0.6 is 0 Å². The Morgan fingerprint density at radius 3 is 2.50 bits per heavy atom. The molecule has 22 heavy (non-hydrogen) atoms. The van der Waals surface area contributed by atoms with Crippen molar-refractivity contribution in [2.24, 2.45) is 0 Å². The molecule has 0 bridgehead atoms. The molecule has 0 saturated carbocycles. The second-order valence-electron chi connectivity index (χ2n) is 5.01. The van der Waals surface area contributed by atoms with Crippen LogP contribution in [0, 0.1) is 0 Å². The molecule has 0 unspecified atom stereocenters. The zero-order valence-corrected chi connectivity index (χ0v) is 11.5. The van der Waals surface area contributed by atoms with E-state index in [1.54, 1.807) is 18.2 Å². The normalized spacial score (nSPS) is 29.0. The molecule has 1 amide bonds. The second-order valence-corrected chi connectivity index (χ2v) is 5.01. The third kappa shape index (κ3) is 2.69. The van der Waals surface area contributed by atoms with Crippen LogP contribution < -0.4 is 5.32 Å². The van der Waals surface area contributed by atoms with E-state index < -0.39 is 48.9 Å². The molecule has 120 valence electrons. The fourth-order valence-electron chi connectivity index (χ4n) is 2.27. The van der Waals surface area contributed by atoms with E-state index in [1.165, 1.54) is 12.1 Å². The minimum Gasteiger partial charge on any atom is -0.455 e. The Balaban J connectivity index is 2.25. The summed E-state index contributed by atoms with van der Waals surface area (Å²) in [5.74, 6) is -1.77. The van der Waals surface area contributed by atoms with E-state index in [0.717, 1.165) is 0 Å². The van der Waals surface area contributed by atoms with Crippen molar-refractivity contribution >= 4 is 11.9 Å². The van der Waals surface area contributed by atoms with Gasteiger partial charge in [0.2, 0.25) is 0 Å². The summed E-state index contributed by atoms with van der Waals surface area (Å²) in [6, 6.07) is 7.91. The van der Waals surface area contributed by atoms with Crippen molar-refractivity contribution in [3.8, 4) is 0 Å². The summed E-state index contributed by atoms with van der Waals surface area (Å²) in [6.07, 6.45) is -4.68. The molecule has 0 radical (unpaired) electrons. The van der Waals surface area contributed by atoms with Gasteiger partial charge in [0.25, 0.3) is 5.91 Å². The van der Waals surface area contributed by atoms with Crippen molar-refractivity contribution in [3.63, 3.8) is 0 Å². The third-order valence-corrected chi connectivity index (χ3v) is 3.61. The minimum absolute atomic E-state index is 0.224. The number of ether oxygens (including phenoxy) is 1. The van der Waals surface area contributed by atoms with Gasteiger partial charge in [0.15, 0.2) is 11.6 Å². The van der Waals surface area contributed by atoms with Crippen molar-refractivity contribution in [1.82, 2.24) is 5.32 Å². The number of nitrogens with one attached hydrogen (secondary N) is 1. The van der Waals surface area contributed by atoms with Crippen LogP contribution in [0.2, 0.25) is 0 Å². The van der Waals surface area contributed by atoms with Crippen molar-refractivity contribution in [1.29, 1.82) is 0 Å². The first-order chi connectivity index (χ1) is 10.5. The van der Waals surface area contributed by atoms with Crippen LogP contribution in [0.4, 0.5) is 0 Å². The molecular formula is C14H17NO7. The number of benzene rings is 1. The molecule has 1 aliphatic rings. The maximum atomic E-state index is 12.1. The third-order valence-electron chi connectivity index (χ3n) is 3.61. The summed E-state index contributed by atoms with van der Waals surface area (Å²) in [7, 11) is 0. The summed E-state index contributed by atoms with van der Waals surface area (Å²) in [5.41, 5.74) is -1.87. The van der Waals surface area contributed by atoms with Gasteiger partial charge in [-0.25, -0.2) is 4.79 Å². The Morgan fingerprint density at radius 1 is 1.32 bits per heavy atom. The fraction of sp³-hybridized carbons (Fsp3) is 0.429. The fourth-order valence-corrected chi connectivity index (χ4v) is 2.27. The molecule has 1 saturated heterocycles. The average molecular weight is 311 g/mol. The molecule has 8 heteroatoms. The van der Waals surface area contributed by atoms with Crippen LogP contribution in [0.15, 0.2) is 30.3 Å². The molecule has 1 fully saturated rings. The van der Waals surface area contributed by atoms with Gasteiger partial charge in [-0.2, -0.15) is 0 Å². The van der Waals surface area contributed by atoms with E-state index in [1.807, 2.05) is 0 Å². The Labute approximate surface area is 126 Å². The molecule has 1 heterocycles. The van der Waals surface area contributed by atoms with Crippen LogP contribution in [-0.2, 0) is 9.53 Å². The summed E-state index contributed by atoms with van der Waals surface area (Å²) < 4.78 is 4.80. The topological polar surface area (TPSA) is 136 Å². The quantitative estimate of drug-likeness (QED) is 0.389. The van der Waals surface area contributed by atoms with Gasteiger partial charge in [0, 0.05) is 5.56 Å². The Bertz CT molecular complexity index is 549. The van der Waals surface area contributed by atoms with Crippen LogP contribution in [0.5, 0.6) is 0 Å². The number of carbonyl (C=O) groups excluding carboxylic acids is 2. The second kappa shape index (κ2) is 6.41. The summed E-state index contributed by atoms with van der Waals surface area (Å²) >= 11 is 0. The van der Waals surface area contributed by atoms with Gasteiger partial charge in [-0.1, -0.05) is 18.2 Å². The lowest BCUT2D eigenvalue weighted by Crippen LogP contribution is -2.63. The number of aliphatic hydroxyl groups is 4. The number of cyclic esters (lactones) is 1. The minimum atomic E-state index is -2.09. The largest absolute Gasteiger partial charge is 0.455 e. The van der Waals surface area contributed by atoms with Crippen LogP contribution in [0.1, 0.15) is 10.4 Å². The first-order valence-electron chi connectivity index (χ1n) is 6.62. The lowest BCUT2D eigenvalue weighted by Gasteiger charge is -2.28. The van der Waals surface area contributed by atoms with Gasteiger partial charge < -0.3 is 30.5 Å². The van der Waals surface area contributed by atoms with E-state index in [9.17, 15) is 24.9 Å². The molecule has 1 aromatic carbocycles. The molecule has 0 aromatic heterocycles. The maximum absolute atomic E-state index is 12.1. The number of hydrogen-bond acceptors (Lipinski definition) is 7. The van der Waals surface area contributed by atoms with Gasteiger partial charge in [-0.3, -0.25) is 4.79 Å². The lowest BCUT2D eigenvalue weighted by atomic mass is 9.90. The van der Waals surface area contributed by atoms with Gasteiger partial charge in [-0.15, -0.1) is 0 Å². The van der Waals surface area contributed by atoms with Crippen LogP contribution in [-0.4, -0.2) is 69.4 Å². The Kier molecular flexibility index (Phi) is 4.77. The highest BCUT2D eigenvalue weighted by molar-refractivity contribution is 5.99. The van der Waals surface area contributed by atoms with Crippen molar-refractivity contribution < 1.29 is 34.8 Å². The number of esters is 1. The first-order valence-corrected chi connectivity index (χ1v) is 6.62. The highest BCUT2D eigenvalue weighted by atomic mass is 16.6. The standard InChI is InChI=1S/C14H17NO7/c16-6-9(18)10-11(19)14(7-17,13(21)22-10)15-12(20)8-4-2-1-3-5-8/h1-5,9-11,16-19H,6-7H2,(H,15,20)/t9-,10-,11+,14+/m1/s1. The maximum Gasteiger partial charge on any atom is 0.337 e. The number of rotatable bonds is 5. The molecule has 0 aliphatic carbocycles. The highest BCUT2D eigenvalue weighted by Gasteiger charge is 2.59. The van der Waals surface area contributed by atoms with Crippen molar-refractivity contribution in [2.75, 3.05) is 13.2 Å². The number of aliphatic hydroxyl groups excluding tert-OH is 4. The van der Waals surface area contributed by atoms with E-state index >= 15 is 0 Å². The van der Waals surface area contributed by atoms with Crippen molar-refractivity contribution in [2.45, 2.75) is 23.9 Å². The van der Waals surface area contributed by atoms with Gasteiger partial charge >= 0.3 is 5.97 Å². The number of amides is 1. The van der Waals surface area contributed by atoms with E-state index in [-0.39, 0.29) is 5.56 Å². The molecule has 8 nitrogen and oxygen atoms in total. The zero-order chi connectivity index (χ0) is 16.3. The monoisotopic (exact) mass is 311 g/mol. The molecule has 1 aromatic rings. The summed E-state index contributed by atoms with van der Waals surface area (Å²) in [4.78, 5) is 24.1. The number of carbonyl (C=O) groups is 2. The molecular weight excluding hydrogens is 294 g/mol. The SMILES string of the molecule is O=C(N[C@]1(CO)C(=O)O[C@H]([C@H](O)CO)[C@@H]1O)c1ccccc1. The highest BCUT2D eigenvalue weighted by Crippen LogP contribution is 2.28.